The molecule has 0 spiro atoms. The smallest absolute Gasteiger partial charge is 0.167 e. The number of benzene rings is 1. The van der Waals surface area contributed by atoms with Crippen molar-refractivity contribution in [2.75, 3.05) is 0 Å². The van der Waals surface area contributed by atoms with Crippen molar-refractivity contribution in [2.45, 2.75) is 20.8 Å². The van der Waals surface area contributed by atoms with E-state index < -0.39 is 0 Å². The van der Waals surface area contributed by atoms with E-state index in [4.69, 9.17) is 0 Å². The molecule has 3 heteroatoms. The molecule has 0 aliphatic carbocycles. The molecule has 1 rings (SSSR count). The fraction of sp³-hybridized carbons (Fsp3) is 0.417. The van der Waals surface area contributed by atoms with Crippen LogP contribution in [0, 0.1) is 11.8 Å². The van der Waals surface area contributed by atoms with E-state index in [0.717, 1.165) is 14.5 Å². The van der Waals surface area contributed by atoms with Gasteiger partial charge in [-0.25, -0.2) is 0 Å². The van der Waals surface area contributed by atoms with Gasteiger partial charge in [-0.2, -0.15) is 0 Å². The maximum atomic E-state index is 12.1. The molecule has 0 aliphatic heterocycles. The zero-order valence-electron chi connectivity index (χ0n) is 9.05. The molecule has 0 aromatic heterocycles. The van der Waals surface area contributed by atoms with Gasteiger partial charge in [0.2, 0.25) is 0 Å². The van der Waals surface area contributed by atoms with E-state index in [-0.39, 0.29) is 11.7 Å². The number of hydrogen-bond acceptors (Lipinski definition) is 1. The van der Waals surface area contributed by atoms with Crippen LogP contribution in [0.5, 0.6) is 0 Å². The summed E-state index contributed by atoms with van der Waals surface area (Å²) in [6.07, 6.45) is 0. The van der Waals surface area contributed by atoms with Crippen LogP contribution in [0.15, 0.2) is 27.1 Å². The molecule has 0 saturated carbocycles. The maximum absolute atomic E-state index is 12.1. The fourth-order valence-electron chi connectivity index (χ4n) is 1.24. The van der Waals surface area contributed by atoms with E-state index in [1.165, 1.54) is 0 Å². The molecular weight excluding hydrogens is 320 g/mol. The highest BCUT2D eigenvalue weighted by molar-refractivity contribution is 9.11. The van der Waals surface area contributed by atoms with Gasteiger partial charge < -0.3 is 0 Å². The monoisotopic (exact) mass is 332 g/mol. The van der Waals surface area contributed by atoms with E-state index in [0.29, 0.717) is 5.92 Å². The SMILES string of the molecule is CC(C)C(C)C(=O)c1ccc(Br)cc1Br. The van der Waals surface area contributed by atoms with Gasteiger partial charge in [0.15, 0.2) is 5.78 Å². The molecule has 1 aromatic rings. The summed E-state index contributed by atoms with van der Waals surface area (Å²) in [5.74, 6) is 0.625. The van der Waals surface area contributed by atoms with Gasteiger partial charge in [-0.3, -0.25) is 4.79 Å². The molecule has 0 heterocycles. The first-order chi connectivity index (χ1) is 6.93. The molecular formula is C12H14Br2O. The van der Waals surface area contributed by atoms with Crippen LogP contribution >= 0.6 is 31.9 Å². The van der Waals surface area contributed by atoms with Gasteiger partial charge in [0.25, 0.3) is 0 Å². The second-order valence-electron chi connectivity index (χ2n) is 4.02. The van der Waals surface area contributed by atoms with Gasteiger partial charge >= 0.3 is 0 Å². The summed E-state index contributed by atoms with van der Waals surface area (Å²) < 4.78 is 1.83. The first kappa shape index (κ1) is 12.9. The zero-order valence-corrected chi connectivity index (χ0v) is 12.2. The molecule has 1 nitrogen and oxygen atoms in total. The van der Waals surface area contributed by atoms with Crippen LogP contribution in [-0.2, 0) is 0 Å². The Morgan fingerprint density at radius 1 is 1.20 bits per heavy atom. The summed E-state index contributed by atoms with van der Waals surface area (Å²) in [6, 6.07) is 5.65. The Hall–Kier alpha value is -0.150. The van der Waals surface area contributed by atoms with E-state index in [1.54, 1.807) is 0 Å². The van der Waals surface area contributed by atoms with Crippen LogP contribution < -0.4 is 0 Å². The second kappa shape index (κ2) is 5.26. The summed E-state index contributed by atoms with van der Waals surface area (Å²) in [4.78, 5) is 12.1. The number of Topliss-reactive ketones (excluding diaryl/α,β-unsaturated/α-hetero) is 1. The molecule has 1 unspecified atom stereocenters. The summed E-state index contributed by atoms with van der Waals surface area (Å²) in [5.41, 5.74) is 0.763. The summed E-state index contributed by atoms with van der Waals surface area (Å²) in [6.45, 7) is 6.10. The van der Waals surface area contributed by atoms with Crippen LogP contribution in [0.2, 0.25) is 0 Å². The largest absolute Gasteiger partial charge is 0.294 e. The first-order valence-corrected chi connectivity index (χ1v) is 6.51. The Morgan fingerprint density at radius 3 is 2.27 bits per heavy atom. The van der Waals surface area contributed by atoms with Gasteiger partial charge in [0, 0.05) is 20.4 Å². The number of carbonyl (C=O) groups is 1. The van der Waals surface area contributed by atoms with E-state index in [2.05, 4.69) is 45.7 Å². The van der Waals surface area contributed by atoms with Crippen molar-refractivity contribution in [1.82, 2.24) is 0 Å². The number of carbonyl (C=O) groups excluding carboxylic acids is 1. The molecule has 15 heavy (non-hydrogen) atoms. The molecule has 0 N–H and O–H groups in total. The summed E-state index contributed by atoms with van der Waals surface area (Å²) >= 11 is 6.78. The molecule has 0 aliphatic rings. The third-order valence-corrected chi connectivity index (χ3v) is 3.76. The lowest BCUT2D eigenvalue weighted by molar-refractivity contribution is 0.0899. The molecule has 0 saturated heterocycles. The first-order valence-electron chi connectivity index (χ1n) is 4.92. The van der Waals surface area contributed by atoms with E-state index in [1.807, 2.05) is 25.1 Å². The lowest BCUT2D eigenvalue weighted by Gasteiger charge is -2.15. The predicted molar refractivity (Wildman–Crippen MR) is 70.2 cm³/mol. The van der Waals surface area contributed by atoms with Gasteiger partial charge in [-0.05, 0) is 24.1 Å². The van der Waals surface area contributed by atoms with Gasteiger partial charge in [0.1, 0.15) is 0 Å². The maximum Gasteiger partial charge on any atom is 0.167 e. The number of halogens is 2. The summed E-state index contributed by atoms with van der Waals surface area (Å²) in [5, 5.41) is 0. The minimum Gasteiger partial charge on any atom is -0.294 e. The summed E-state index contributed by atoms with van der Waals surface area (Å²) in [7, 11) is 0. The van der Waals surface area contributed by atoms with Crippen molar-refractivity contribution in [2.24, 2.45) is 11.8 Å². The van der Waals surface area contributed by atoms with Gasteiger partial charge in [-0.15, -0.1) is 0 Å². The van der Waals surface area contributed by atoms with Gasteiger partial charge in [0.05, 0.1) is 0 Å². The molecule has 1 atom stereocenters. The van der Waals surface area contributed by atoms with E-state index >= 15 is 0 Å². The molecule has 0 fully saturated rings. The van der Waals surface area contributed by atoms with Crippen LogP contribution in [0.25, 0.3) is 0 Å². The number of ketones is 1. The van der Waals surface area contributed by atoms with Crippen LogP contribution in [0.1, 0.15) is 31.1 Å². The highest BCUT2D eigenvalue weighted by Crippen LogP contribution is 2.26. The Balaban J connectivity index is 3.01. The van der Waals surface area contributed by atoms with Crippen molar-refractivity contribution in [3.8, 4) is 0 Å². The minimum atomic E-state index is 0.0578. The second-order valence-corrected chi connectivity index (χ2v) is 5.79. The minimum absolute atomic E-state index is 0.0578. The Kier molecular flexibility index (Phi) is 4.53. The topological polar surface area (TPSA) is 17.1 Å². The molecule has 0 amide bonds. The highest BCUT2D eigenvalue weighted by Gasteiger charge is 2.20. The highest BCUT2D eigenvalue weighted by atomic mass is 79.9. The van der Waals surface area contributed by atoms with Crippen molar-refractivity contribution in [3.05, 3.63) is 32.7 Å². The quantitative estimate of drug-likeness (QED) is 0.733. The average molecular weight is 334 g/mol. The van der Waals surface area contributed by atoms with Crippen molar-refractivity contribution in [1.29, 1.82) is 0 Å². The van der Waals surface area contributed by atoms with E-state index in [9.17, 15) is 4.79 Å². The van der Waals surface area contributed by atoms with Crippen molar-refractivity contribution in [3.63, 3.8) is 0 Å². The third-order valence-electron chi connectivity index (χ3n) is 2.61. The molecule has 0 radical (unpaired) electrons. The van der Waals surface area contributed by atoms with Crippen molar-refractivity contribution >= 4 is 37.6 Å². The Labute approximate surface area is 108 Å². The standard InChI is InChI=1S/C12H14Br2O/c1-7(2)8(3)12(15)10-5-4-9(13)6-11(10)14/h4-8H,1-3H3. The van der Waals surface area contributed by atoms with Gasteiger partial charge in [-0.1, -0.05) is 52.6 Å². The van der Waals surface area contributed by atoms with Crippen molar-refractivity contribution < 1.29 is 4.79 Å². The third kappa shape index (κ3) is 3.15. The number of hydrogen-bond donors (Lipinski definition) is 0. The number of rotatable bonds is 3. The lowest BCUT2D eigenvalue weighted by Crippen LogP contribution is -2.17. The normalized spacial score (nSPS) is 12.9. The molecule has 0 bridgehead atoms. The molecule has 1 aromatic carbocycles. The lowest BCUT2D eigenvalue weighted by atomic mass is 9.90. The molecule has 82 valence electrons. The Bertz CT molecular complexity index is 372. The predicted octanol–water partition coefficient (Wildman–Crippen LogP) is 4.69. The van der Waals surface area contributed by atoms with Crippen LogP contribution in [0.4, 0.5) is 0 Å². The van der Waals surface area contributed by atoms with Crippen LogP contribution in [-0.4, -0.2) is 5.78 Å². The van der Waals surface area contributed by atoms with Crippen LogP contribution in [0.3, 0.4) is 0 Å². The fourth-order valence-corrected chi connectivity index (χ4v) is 2.48. The Morgan fingerprint density at radius 2 is 1.80 bits per heavy atom. The zero-order chi connectivity index (χ0) is 11.6. The average Bonchev–Trinajstić information content (AvgIpc) is 2.15.